The van der Waals surface area contributed by atoms with Crippen molar-refractivity contribution in [2.45, 2.75) is 76.7 Å². The van der Waals surface area contributed by atoms with Gasteiger partial charge in [-0.1, -0.05) is 39.0 Å². The average Bonchev–Trinajstić information content (AvgIpc) is 2.91. The van der Waals surface area contributed by atoms with Crippen LogP contribution in [0.25, 0.3) is 0 Å². The van der Waals surface area contributed by atoms with Crippen LogP contribution in [-0.2, 0) is 4.74 Å². The minimum absolute atomic E-state index is 0.177. The molecule has 2 aliphatic carbocycles. The molecule has 0 aliphatic heterocycles. The Bertz CT molecular complexity index is 217. The van der Waals surface area contributed by atoms with Gasteiger partial charge in [0.25, 0.3) is 0 Å². The predicted molar refractivity (Wildman–Crippen MR) is 76.9 cm³/mol. The van der Waals surface area contributed by atoms with Crippen molar-refractivity contribution in [3.8, 4) is 0 Å². The van der Waals surface area contributed by atoms with Crippen LogP contribution in [0.1, 0.15) is 71.1 Å². The Morgan fingerprint density at radius 3 is 2.44 bits per heavy atom. The van der Waals surface area contributed by atoms with Crippen molar-refractivity contribution in [3.05, 3.63) is 0 Å². The molecule has 2 heteroatoms. The summed E-state index contributed by atoms with van der Waals surface area (Å²) in [6.07, 6.45) is 13.5. The summed E-state index contributed by atoms with van der Waals surface area (Å²) >= 11 is 0. The van der Waals surface area contributed by atoms with Crippen molar-refractivity contribution in [1.29, 1.82) is 0 Å². The lowest BCUT2D eigenvalue weighted by Gasteiger charge is -2.38. The zero-order valence-electron chi connectivity index (χ0n) is 12.2. The molecule has 0 unspecified atom stereocenters. The number of ether oxygens (including phenoxy) is 1. The molecule has 0 radical (unpaired) electrons. The fraction of sp³-hybridized carbons (Fsp3) is 1.00. The van der Waals surface area contributed by atoms with E-state index < -0.39 is 0 Å². The summed E-state index contributed by atoms with van der Waals surface area (Å²) in [6.45, 7) is 5.47. The zero-order valence-corrected chi connectivity index (χ0v) is 12.2. The van der Waals surface area contributed by atoms with Crippen LogP contribution in [0, 0.1) is 5.92 Å². The van der Waals surface area contributed by atoms with Crippen molar-refractivity contribution in [2.24, 2.45) is 5.92 Å². The monoisotopic (exact) mass is 253 g/mol. The number of hydrogen-bond donors (Lipinski definition) is 1. The molecule has 2 nitrogen and oxygen atoms in total. The van der Waals surface area contributed by atoms with Crippen LogP contribution in [0.2, 0.25) is 0 Å². The molecule has 2 fully saturated rings. The Morgan fingerprint density at radius 2 is 1.78 bits per heavy atom. The maximum atomic E-state index is 6.44. The molecule has 0 aromatic carbocycles. The van der Waals surface area contributed by atoms with E-state index in [-0.39, 0.29) is 5.60 Å². The largest absolute Gasteiger partial charge is 0.373 e. The third-order valence-corrected chi connectivity index (χ3v) is 4.74. The van der Waals surface area contributed by atoms with Crippen LogP contribution in [0.5, 0.6) is 0 Å². The van der Waals surface area contributed by atoms with Crippen molar-refractivity contribution >= 4 is 0 Å². The van der Waals surface area contributed by atoms with Crippen LogP contribution in [0.15, 0.2) is 0 Å². The molecule has 0 bridgehead atoms. The molecule has 1 N–H and O–H groups in total. The van der Waals surface area contributed by atoms with E-state index in [1.54, 1.807) is 0 Å². The van der Waals surface area contributed by atoms with Gasteiger partial charge in [0.15, 0.2) is 0 Å². The molecule has 0 aromatic rings. The van der Waals surface area contributed by atoms with Gasteiger partial charge in [0.05, 0.1) is 12.2 Å². The normalized spacial score (nSPS) is 24.5. The Balaban J connectivity index is 1.78. The molecule has 0 aromatic heterocycles. The van der Waals surface area contributed by atoms with Gasteiger partial charge in [0.1, 0.15) is 0 Å². The fourth-order valence-electron chi connectivity index (χ4n) is 3.53. The van der Waals surface area contributed by atoms with Crippen molar-refractivity contribution in [3.63, 3.8) is 0 Å². The molecule has 18 heavy (non-hydrogen) atoms. The van der Waals surface area contributed by atoms with Gasteiger partial charge in [-0.2, -0.15) is 0 Å². The second-order valence-corrected chi connectivity index (χ2v) is 6.38. The molecule has 2 aliphatic rings. The minimum Gasteiger partial charge on any atom is -0.373 e. The molecule has 0 spiro atoms. The molecular formula is C16H31NO. The van der Waals surface area contributed by atoms with Gasteiger partial charge in [-0.15, -0.1) is 0 Å². The average molecular weight is 253 g/mol. The highest BCUT2D eigenvalue weighted by molar-refractivity contribution is 4.87. The van der Waals surface area contributed by atoms with Crippen LogP contribution in [-0.4, -0.2) is 25.3 Å². The molecule has 0 heterocycles. The number of rotatable bonds is 7. The molecule has 2 rings (SSSR count). The first-order chi connectivity index (χ1) is 8.85. The van der Waals surface area contributed by atoms with Crippen molar-refractivity contribution < 1.29 is 4.74 Å². The zero-order chi connectivity index (χ0) is 12.7. The second-order valence-electron chi connectivity index (χ2n) is 6.38. The van der Waals surface area contributed by atoms with E-state index in [2.05, 4.69) is 12.2 Å². The van der Waals surface area contributed by atoms with Crippen molar-refractivity contribution in [1.82, 2.24) is 5.32 Å². The highest BCUT2D eigenvalue weighted by Crippen LogP contribution is 2.33. The highest BCUT2D eigenvalue weighted by Gasteiger charge is 2.33. The second kappa shape index (κ2) is 7.49. The van der Waals surface area contributed by atoms with Crippen LogP contribution in [0.3, 0.4) is 0 Å². The quantitative estimate of drug-likeness (QED) is 0.695. The van der Waals surface area contributed by atoms with E-state index in [0.29, 0.717) is 0 Å². The third kappa shape index (κ3) is 4.24. The summed E-state index contributed by atoms with van der Waals surface area (Å²) in [5, 5.41) is 3.60. The lowest BCUT2D eigenvalue weighted by Crippen LogP contribution is -2.45. The van der Waals surface area contributed by atoms with Crippen molar-refractivity contribution in [2.75, 3.05) is 19.7 Å². The van der Waals surface area contributed by atoms with Crippen LogP contribution >= 0.6 is 0 Å². The van der Waals surface area contributed by atoms with E-state index >= 15 is 0 Å². The predicted octanol–water partition coefficient (Wildman–Crippen LogP) is 3.90. The summed E-state index contributed by atoms with van der Waals surface area (Å²) in [4.78, 5) is 0. The molecule has 0 amide bonds. The van der Waals surface area contributed by atoms with E-state index in [0.717, 1.165) is 25.6 Å². The van der Waals surface area contributed by atoms with Gasteiger partial charge >= 0.3 is 0 Å². The lowest BCUT2D eigenvalue weighted by atomic mass is 9.84. The van der Waals surface area contributed by atoms with Crippen LogP contribution in [0.4, 0.5) is 0 Å². The molecule has 0 saturated heterocycles. The van der Waals surface area contributed by atoms with Gasteiger partial charge in [-0.05, 0) is 44.6 Å². The molecule has 0 atom stereocenters. The first-order valence-electron chi connectivity index (χ1n) is 8.19. The SMILES string of the molecule is CCCNCC1(OCC2CCCC2)CCCCC1. The Hall–Kier alpha value is -0.0800. The summed E-state index contributed by atoms with van der Waals surface area (Å²) in [6, 6.07) is 0. The van der Waals surface area contributed by atoms with Gasteiger partial charge in [-0.25, -0.2) is 0 Å². The molecule has 2 saturated carbocycles. The first kappa shape index (κ1) is 14.3. The maximum Gasteiger partial charge on any atom is 0.0806 e. The summed E-state index contributed by atoms with van der Waals surface area (Å²) < 4.78 is 6.44. The maximum absolute atomic E-state index is 6.44. The summed E-state index contributed by atoms with van der Waals surface area (Å²) in [5.74, 6) is 0.856. The van der Waals surface area contributed by atoms with Gasteiger partial charge in [-0.3, -0.25) is 0 Å². The van der Waals surface area contributed by atoms with Gasteiger partial charge in [0, 0.05) is 6.54 Å². The van der Waals surface area contributed by atoms with Gasteiger partial charge < -0.3 is 10.1 Å². The fourth-order valence-corrected chi connectivity index (χ4v) is 3.53. The van der Waals surface area contributed by atoms with E-state index in [4.69, 9.17) is 4.74 Å². The topological polar surface area (TPSA) is 21.3 Å². The van der Waals surface area contributed by atoms with Crippen LogP contribution < -0.4 is 5.32 Å². The summed E-state index contributed by atoms with van der Waals surface area (Å²) in [7, 11) is 0. The Morgan fingerprint density at radius 1 is 1.06 bits per heavy atom. The van der Waals surface area contributed by atoms with E-state index in [1.165, 1.54) is 64.2 Å². The number of nitrogens with one attached hydrogen (secondary N) is 1. The lowest BCUT2D eigenvalue weighted by molar-refractivity contribution is -0.0808. The molecule has 106 valence electrons. The van der Waals surface area contributed by atoms with E-state index in [9.17, 15) is 0 Å². The smallest absolute Gasteiger partial charge is 0.0806 e. The highest BCUT2D eigenvalue weighted by atomic mass is 16.5. The third-order valence-electron chi connectivity index (χ3n) is 4.74. The first-order valence-corrected chi connectivity index (χ1v) is 8.19. The standard InChI is InChI=1S/C16H31NO/c1-2-12-17-14-16(10-6-3-7-11-16)18-13-15-8-4-5-9-15/h15,17H,2-14H2,1H3. The minimum atomic E-state index is 0.177. The summed E-state index contributed by atoms with van der Waals surface area (Å²) in [5.41, 5.74) is 0.177. The van der Waals surface area contributed by atoms with Gasteiger partial charge in [0.2, 0.25) is 0 Å². The Kier molecular flexibility index (Phi) is 5.97. The number of hydrogen-bond acceptors (Lipinski definition) is 2. The molecular weight excluding hydrogens is 222 g/mol. The van der Waals surface area contributed by atoms with E-state index in [1.807, 2.05) is 0 Å². The Labute approximate surface area is 113 Å².